The standard InChI is InChI=1S/C50H38N2S2/c1-31-37-23-11-15-27-41(37)45(42-28-16-12-24-38(31)42)51-33(3)47(35-19-7-5-8-20-35)53-49(51)50-52(34(4)48(54-50)36-21-9-6-10-22-36)46-43-29-17-13-25-39(43)32(2)40-26-14-18-30-44(40)46/h5-30H,1-4H3/b50-49+. The first-order chi connectivity index (χ1) is 26.5. The van der Waals surface area contributed by atoms with Gasteiger partial charge in [-0.25, -0.2) is 0 Å². The summed E-state index contributed by atoms with van der Waals surface area (Å²) in [4.78, 5) is 7.73. The third-order valence-corrected chi connectivity index (χ3v) is 13.9. The number of anilines is 2. The zero-order valence-electron chi connectivity index (χ0n) is 30.7. The molecular formula is C50H38N2S2. The van der Waals surface area contributed by atoms with Crippen LogP contribution in [0.1, 0.15) is 36.1 Å². The molecule has 0 amide bonds. The Morgan fingerprint density at radius 1 is 0.315 bits per heavy atom. The molecule has 0 radical (unpaired) electrons. The topological polar surface area (TPSA) is 6.48 Å². The van der Waals surface area contributed by atoms with Crippen molar-refractivity contribution in [2.24, 2.45) is 0 Å². The first-order valence-corrected chi connectivity index (χ1v) is 20.2. The molecule has 2 aliphatic heterocycles. The van der Waals surface area contributed by atoms with E-state index >= 15 is 0 Å². The number of hydrogen-bond donors (Lipinski definition) is 0. The van der Waals surface area contributed by atoms with E-state index in [9.17, 15) is 0 Å². The van der Waals surface area contributed by atoms with Gasteiger partial charge >= 0.3 is 0 Å². The number of rotatable bonds is 4. The second-order valence-corrected chi connectivity index (χ2v) is 16.2. The highest BCUT2D eigenvalue weighted by molar-refractivity contribution is 8.15. The summed E-state index contributed by atoms with van der Waals surface area (Å²) < 4.78 is 0. The molecule has 0 saturated heterocycles. The Hall–Kier alpha value is -5.68. The average molecular weight is 731 g/mol. The molecule has 0 N–H and O–H groups in total. The highest BCUT2D eigenvalue weighted by Gasteiger charge is 2.39. The van der Waals surface area contributed by atoms with Crippen LogP contribution < -0.4 is 9.80 Å². The van der Waals surface area contributed by atoms with E-state index < -0.39 is 0 Å². The van der Waals surface area contributed by atoms with Crippen molar-refractivity contribution >= 4 is 87.8 Å². The third-order valence-electron chi connectivity index (χ3n) is 11.2. The van der Waals surface area contributed by atoms with Crippen molar-refractivity contribution in [3.8, 4) is 0 Å². The maximum Gasteiger partial charge on any atom is 0.116 e. The summed E-state index contributed by atoms with van der Waals surface area (Å²) in [5.74, 6) is 0. The summed E-state index contributed by atoms with van der Waals surface area (Å²) in [5.41, 5.74) is 10.0. The average Bonchev–Trinajstić information content (AvgIpc) is 3.74. The Bertz CT molecular complexity index is 2610. The molecule has 0 bridgehead atoms. The fourth-order valence-corrected chi connectivity index (χ4v) is 11.2. The van der Waals surface area contributed by atoms with Crippen molar-refractivity contribution in [3.63, 3.8) is 0 Å². The molecular weight excluding hydrogens is 693 g/mol. The number of benzene rings is 8. The van der Waals surface area contributed by atoms with Crippen molar-refractivity contribution in [1.29, 1.82) is 0 Å². The Morgan fingerprint density at radius 3 is 0.870 bits per heavy atom. The summed E-state index contributed by atoms with van der Waals surface area (Å²) in [5, 5.41) is 12.6. The molecule has 8 aromatic carbocycles. The highest BCUT2D eigenvalue weighted by Crippen LogP contribution is 2.60. The van der Waals surface area contributed by atoms with Crippen molar-refractivity contribution < 1.29 is 0 Å². The Labute approximate surface area is 325 Å². The molecule has 54 heavy (non-hydrogen) atoms. The van der Waals surface area contributed by atoms with Crippen LogP contribution in [0.3, 0.4) is 0 Å². The van der Waals surface area contributed by atoms with Crippen LogP contribution in [-0.2, 0) is 0 Å². The lowest BCUT2D eigenvalue weighted by Crippen LogP contribution is -2.23. The van der Waals surface area contributed by atoms with Crippen LogP contribution in [0.15, 0.2) is 179 Å². The van der Waals surface area contributed by atoms with E-state index in [4.69, 9.17) is 0 Å². The minimum atomic E-state index is 1.22. The fraction of sp³-hybridized carbons (Fsp3) is 0.0800. The van der Waals surface area contributed by atoms with Crippen molar-refractivity contribution in [1.82, 2.24) is 0 Å². The van der Waals surface area contributed by atoms with E-state index in [0.29, 0.717) is 0 Å². The molecule has 4 heteroatoms. The largest absolute Gasteiger partial charge is 0.304 e. The van der Waals surface area contributed by atoms with E-state index in [-0.39, 0.29) is 0 Å². The van der Waals surface area contributed by atoms with E-state index in [2.05, 4.69) is 195 Å². The van der Waals surface area contributed by atoms with Gasteiger partial charge in [0.2, 0.25) is 0 Å². The van der Waals surface area contributed by atoms with Gasteiger partial charge in [-0.1, -0.05) is 181 Å². The van der Waals surface area contributed by atoms with Gasteiger partial charge in [0, 0.05) is 42.7 Å². The van der Waals surface area contributed by atoms with Crippen LogP contribution in [-0.4, -0.2) is 0 Å². The van der Waals surface area contributed by atoms with E-state index in [1.807, 2.05) is 23.5 Å². The molecule has 0 spiro atoms. The van der Waals surface area contributed by atoms with Crippen LogP contribution in [0.4, 0.5) is 11.4 Å². The summed E-state index contributed by atoms with van der Waals surface area (Å²) >= 11 is 3.80. The molecule has 2 nitrogen and oxygen atoms in total. The van der Waals surface area contributed by atoms with Crippen LogP contribution in [0, 0.1) is 13.8 Å². The molecule has 0 atom stereocenters. The summed E-state index contributed by atoms with van der Waals surface area (Å²) in [6.45, 7) is 9.16. The number of hydrogen-bond acceptors (Lipinski definition) is 4. The van der Waals surface area contributed by atoms with Gasteiger partial charge < -0.3 is 9.80 Å². The lowest BCUT2D eigenvalue weighted by molar-refractivity contribution is 1.11. The molecule has 8 aromatic rings. The van der Waals surface area contributed by atoms with E-state index in [1.165, 1.54) is 108 Å². The maximum absolute atomic E-state index is 2.59. The van der Waals surface area contributed by atoms with Gasteiger partial charge in [0.15, 0.2) is 0 Å². The minimum Gasteiger partial charge on any atom is -0.304 e. The van der Waals surface area contributed by atoms with Crippen LogP contribution in [0.5, 0.6) is 0 Å². The Balaban J connectivity index is 1.34. The Morgan fingerprint density at radius 2 is 0.574 bits per heavy atom. The van der Waals surface area contributed by atoms with Crippen molar-refractivity contribution in [2.45, 2.75) is 27.7 Å². The van der Waals surface area contributed by atoms with Gasteiger partial charge in [0.25, 0.3) is 0 Å². The van der Waals surface area contributed by atoms with Gasteiger partial charge in [0.1, 0.15) is 10.1 Å². The zero-order valence-corrected chi connectivity index (χ0v) is 32.4. The smallest absolute Gasteiger partial charge is 0.116 e. The predicted octanol–water partition coefficient (Wildman–Crippen LogP) is 14.6. The summed E-state index contributed by atoms with van der Waals surface area (Å²) in [7, 11) is 0. The van der Waals surface area contributed by atoms with Gasteiger partial charge in [-0.05, 0) is 71.5 Å². The molecule has 0 unspecified atom stereocenters. The minimum absolute atomic E-state index is 1.22. The lowest BCUT2D eigenvalue weighted by atomic mass is 9.94. The molecule has 0 saturated carbocycles. The molecule has 0 aromatic heterocycles. The maximum atomic E-state index is 2.59. The van der Waals surface area contributed by atoms with Gasteiger partial charge in [-0.3, -0.25) is 0 Å². The van der Waals surface area contributed by atoms with Crippen molar-refractivity contribution in [3.05, 3.63) is 201 Å². The summed E-state index contributed by atoms with van der Waals surface area (Å²) in [6.07, 6.45) is 0. The van der Waals surface area contributed by atoms with Crippen LogP contribution in [0.25, 0.3) is 52.9 Å². The quantitative estimate of drug-likeness (QED) is 0.166. The first-order valence-electron chi connectivity index (χ1n) is 18.5. The second kappa shape index (κ2) is 13.0. The summed E-state index contributed by atoms with van der Waals surface area (Å²) in [6, 6.07) is 57.7. The van der Waals surface area contributed by atoms with Gasteiger partial charge in [-0.15, -0.1) is 0 Å². The molecule has 260 valence electrons. The van der Waals surface area contributed by atoms with Crippen LogP contribution in [0.2, 0.25) is 0 Å². The number of allylic oxidation sites excluding steroid dienone is 2. The number of fused-ring (bicyclic) bond motifs is 4. The Kier molecular flexibility index (Phi) is 7.94. The number of nitrogens with zero attached hydrogens (tertiary/aromatic N) is 2. The first kappa shape index (κ1) is 32.9. The van der Waals surface area contributed by atoms with Gasteiger partial charge in [0.05, 0.1) is 11.4 Å². The van der Waals surface area contributed by atoms with E-state index in [0.717, 1.165) is 0 Å². The number of thioether (sulfide) groups is 2. The van der Waals surface area contributed by atoms with Gasteiger partial charge in [-0.2, -0.15) is 0 Å². The normalized spacial score (nSPS) is 16.3. The second-order valence-electron chi connectivity index (χ2n) is 14.2. The highest BCUT2D eigenvalue weighted by atomic mass is 32.2. The molecule has 2 aliphatic rings. The van der Waals surface area contributed by atoms with E-state index in [1.54, 1.807) is 0 Å². The molecule has 10 rings (SSSR count). The predicted molar refractivity (Wildman–Crippen MR) is 238 cm³/mol. The molecule has 0 aliphatic carbocycles. The lowest BCUT2D eigenvalue weighted by Gasteiger charge is -2.31. The zero-order chi connectivity index (χ0) is 36.5. The van der Waals surface area contributed by atoms with Crippen molar-refractivity contribution in [2.75, 3.05) is 9.80 Å². The molecule has 0 fully saturated rings. The monoisotopic (exact) mass is 730 g/mol. The fourth-order valence-electron chi connectivity index (χ4n) is 8.60. The number of aryl methyl sites for hydroxylation is 2. The van der Waals surface area contributed by atoms with Crippen LogP contribution >= 0.6 is 23.5 Å². The SMILES string of the molecule is CC1=C(c2ccccc2)S/C(=C2/SC(c3ccccc3)=C(C)N2c2c3ccccc3c(C)c3ccccc23)N1c1c2ccccc2c(C)c2ccccc12. The molecule has 2 heterocycles. The third kappa shape index (κ3) is 4.97.